The molecular formula is C15H17FN2O2. The Kier molecular flexibility index (Phi) is 3.88. The van der Waals surface area contributed by atoms with Crippen LogP contribution < -0.4 is 4.90 Å². The van der Waals surface area contributed by atoms with E-state index in [1.165, 1.54) is 18.3 Å². The van der Waals surface area contributed by atoms with Crippen molar-refractivity contribution in [2.24, 2.45) is 0 Å². The van der Waals surface area contributed by atoms with Crippen molar-refractivity contribution >= 4 is 22.6 Å². The molecule has 2 rings (SSSR count). The number of anilines is 1. The molecular weight excluding hydrogens is 259 g/mol. The summed E-state index contributed by atoms with van der Waals surface area (Å²) < 4.78 is 18.7. The van der Waals surface area contributed by atoms with Crippen molar-refractivity contribution < 1.29 is 13.9 Å². The quantitative estimate of drug-likeness (QED) is 0.808. The lowest BCUT2D eigenvalue weighted by Crippen LogP contribution is -2.17. The fourth-order valence-corrected chi connectivity index (χ4v) is 2.26. The normalized spacial score (nSPS) is 10.7. The van der Waals surface area contributed by atoms with Crippen LogP contribution >= 0.6 is 0 Å². The Morgan fingerprint density at radius 1 is 1.40 bits per heavy atom. The molecule has 0 fully saturated rings. The number of hydrogen-bond acceptors (Lipinski definition) is 4. The summed E-state index contributed by atoms with van der Waals surface area (Å²) in [5, 5.41) is 0.609. The topological polar surface area (TPSA) is 42.4 Å². The largest absolute Gasteiger partial charge is 0.462 e. The molecule has 2 aromatic rings. The van der Waals surface area contributed by atoms with Crippen LogP contribution in [0.1, 0.15) is 22.8 Å². The van der Waals surface area contributed by atoms with Gasteiger partial charge in [0.15, 0.2) is 0 Å². The maximum Gasteiger partial charge on any atom is 0.341 e. The van der Waals surface area contributed by atoms with Gasteiger partial charge in [0.05, 0.1) is 17.8 Å². The Morgan fingerprint density at radius 2 is 2.10 bits per heavy atom. The van der Waals surface area contributed by atoms with Gasteiger partial charge in [-0.3, -0.25) is 4.98 Å². The summed E-state index contributed by atoms with van der Waals surface area (Å²) >= 11 is 0. The first-order valence-electron chi connectivity index (χ1n) is 6.39. The first-order valence-corrected chi connectivity index (χ1v) is 6.39. The highest BCUT2D eigenvalue weighted by molar-refractivity contribution is 6.05. The molecule has 5 heteroatoms. The van der Waals surface area contributed by atoms with Crippen LogP contribution in [0.5, 0.6) is 0 Å². The molecule has 0 spiro atoms. The van der Waals surface area contributed by atoms with Crippen LogP contribution in [0.2, 0.25) is 0 Å². The van der Waals surface area contributed by atoms with Gasteiger partial charge in [-0.05, 0) is 31.5 Å². The number of esters is 1. The van der Waals surface area contributed by atoms with E-state index in [4.69, 9.17) is 4.74 Å². The number of fused-ring (bicyclic) bond motifs is 1. The van der Waals surface area contributed by atoms with Gasteiger partial charge >= 0.3 is 5.97 Å². The van der Waals surface area contributed by atoms with Crippen LogP contribution in [-0.4, -0.2) is 31.7 Å². The summed E-state index contributed by atoms with van der Waals surface area (Å²) in [6.07, 6.45) is 1.49. The van der Waals surface area contributed by atoms with E-state index >= 15 is 0 Å². The molecule has 0 saturated heterocycles. The third-order valence-corrected chi connectivity index (χ3v) is 3.04. The maximum absolute atomic E-state index is 13.7. The first-order chi connectivity index (χ1) is 9.45. The van der Waals surface area contributed by atoms with Crippen LogP contribution in [0, 0.1) is 12.7 Å². The molecule has 0 saturated carbocycles. The molecule has 0 bridgehead atoms. The molecule has 0 aliphatic carbocycles. The molecule has 0 unspecified atom stereocenters. The van der Waals surface area contributed by atoms with Crippen LogP contribution in [0.3, 0.4) is 0 Å². The number of pyridine rings is 1. The highest BCUT2D eigenvalue weighted by Crippen LogP contribution is 2.31. The van der Waals surface area contributed by atoms with Gasteiger partial charge in [0, 0.05) is 25.7 Å². The molecule has 4 nitrogen and oxygen atoms in total. The number of hydrogen-bond donors (Lipinski definition) is 0. The van der Waals surface area contributed by atoms with Crippen molar-refractivity contribution in [1.29, 1.82) is 0 Å². The standard InChI is InChI=1S/C15H17FN2O2/c1-5-20-15(19)12-8-17-13-9(2)6-10(16)7-11(13)14(12)18(3)4/h6-8H,5H2,1-4H3. The van der Waals surface area contributed by atoms with Gasteiger partial charge in [-0.25, -0.2) is 9.18 Å². The Bertz CT molecular complexity index is 668. The highest BCUT2D eigenvalue weighted by atomic mass is 19.1. The number of carbonyl (C=O) groups is 1. The lowest BCUT2D eigenvalue weighted by Gasteiger charge is -2.19. The zero-order valence-corrected chi connectivity index (χ0v) is 12.0. The van der Waals surface area contributed by atoms with Crippen LogP contribution in [0.15, 0.2) is 18.3 Å². The van der Waals surface area contributed by atoms with Crippen LogP contribution in [0.25, 0.3) is 10.9 Å². The number of ether oxygens (including phenoxy) is 1. The lowest BCUT2D eigenvalue weighted by atomic mass is 10.1. The van der Waals surface area contributed by atoms with Crippen LogP contribution in [0.4, 0.5) is 10.1 Å². The van der Waals surface area contributed by atoms with E-state index in [9.17, 15) is 9.18 Å². The minimum absolute atomic E-state index is 0.284. The number of rotatable bonds is 3. The SMILES string of the molecule is CCOC(=O)c1cnc2c(C)cc(F)cc2c1N(C)C. The molecule has 20 heavy (non-hydrogen) atoms. The van der Waals surface area contributed by atoms with E-state index in [1.54, 1.807) is 32.8 Å². The van der Waals surface area contributed by atoms with E-state index in [2.05, 4.69) is 4.98 Å². The minimum Gasteiger partial charge on any atom is -0.462 e. The van der Waals surface area contributed by atoms with Crippen molar-refractivity contribution in [3.63, 3.8) is 0 Å². The Hall–Kier alpha value is -2.17. The molecule has 0 amide bonds. The number of halogens is 1. The molecule has 1 aromatic heterocycles. The maximum atomic E-state index is 13.7. The van der Waals surface area contributed by atoms with E-state index in [-0.39, 0.29) is 12.4 Å². The average molecular weight is 276 g/mol. The van der Waals surface area contributed by atoms with E-state index < -0.39 is 5.97 Å². The molecule has 0 aliphatic heterocycles. The number of carbonyl (C=O) groups excluding carboxylic acids is 1. The van der Waals surface area contributed by atoms with Crippen molar-refractivity contribution in [2.45, 2.75) is 13.8 Å². The van der Waals surface area contributed by atoms with E-state index in [1.807, 2.05) is 0 Å². The van der Waals surface area contributed by atoms with Crippen molar-refractivity contribution in [3.05, 3.63) is 35.3 Å². The second kappa shape index (κ2) is 5.45. The third-order valence-electron chi connectivity index (χ3n) is 3.04. The molecule has 0 atom stereocenters. The molecule has 1 aromatic carbocycles. The van der Waals surface area contributed by atoms with Gasteiger partial charge in [-0.2, -0.15) is 0 Å². The lowest BCUT2D eigenvalue weighted by molar-refractivity contribution is 0.0527. The minimum atomic E-state index is -0.451. The van der Waals surface area contributed by atoms with E-state index in [0.29, 0.717) is 22.2 Å². The smallest absolute Gasteiger partial charge is 0.341 e. The summed E-state index contributed by atoms with van der Waals surface area (Å²) in [6, 6.07) is 2.83. The molecule has 0 N–H and O–H groups in total. The zero-order valence-electron chi connectivity index (χ0n) is 12.0. The molecule has 0 radical (unpaired) electrons. The monoisotopic (exact) mass is 276 g/mol. The zero-order chi connectivity index (χ0) is 14.9. The fourth-order valence-electron chi connectivity index (χ4n) is 2.26. The summed E-state index contributed by atoms with van der Waals surface area (Å²) in [7, 11) is 3.61. The predicted octanol–water partition coefficient (Wildman–Crippen LogP) is 2.93. The Morgan fingerprint density at radius 3 is 2.70 bits per heavy atom. The molecule has 1 heterocycles. The first kappa shape index (κ1) is 14.2. The van der Waals surface area contributed by atoms with Crippen molar-refractivity contribution in [1.82, 2.24) is 4.98 Å². The van der Waals surface area contributed by atoms with Crippen LogP contribution in [-0.2, 0) is 4.74 Å². The van der Waals surface area contributed by atoms with Gasteiger partial charge in [-0.15, -0.1) is 0 Å². The molecule has 0 aliphatic rings. The second-order valence-electron chi connectivity index (χ2n) is 4.75. The predicted molar refractivity (Wildman–Crippen MR) is 76.7 cm³/mol. The fraction of sp³-hybridized carbons (Fsp3) is 0.333. The number of nitrogens with zero attached hydrogens (tertiary/aromatic N) is 2. The average Bonchev–Trinajstić information content (AvgIpc) is 2.37. The Labute approximate surface area is 117 Å². The van der Waals surface area contributed by atoms with Crippen molar-refractivity contribution in [2.75, 3.05) is 25.6 Å². The van der Waals surface area contributed by atoms with E-state index in [0.717, 1.165) is 5.56 Å². The summed E-state index contributed by atoms with van der Waals surface area (Å²) in [5.74, 6) is -0.798. The third kappa shape index (κ3) is 2.43. The van der Waals surface area contributed by atoms with Crippen molar-refractivity contribution in [3.8, 4) is 0 Å². The molecule has 106 valence electrons. The van der Waals surface area contributed by atoms with Gasteiger partial charge in [0.2, 0.25) is 0 Å². The number of aryl methyl sites for hydroxylation is 1. The summed E-state index contributed by atoms with van der Waals surface area (Å²) in [6.45, 7) is 3.82. The summed E-state index contributed by atoms with van der Waals surface area (Å²) in [5.41, 5.74) is 2.38. The highest BCUT2D eigenvalue weighted by Gasteiger charge is 2.19. The van der Waals surface area contributed by atoms with Gasteiger partial charge in [0.25, 0.3) is 0 Å². The Balaban J connectivity index is 2.78. The van der Waals surface area contributed by atoms with Gasteiger partial charge < -0.3 is 9.64 Å². The van der Waals surface area contributed by atoms with Gasteiger partial charge in [-0.1, -0.05) is 0 Å². The number of aromatic nitrogens is 1. The number of benzene rings is 1. The second-order valence-corrected chi connectivity index (χ2v) is 4.75. The summed E-state index contributed by atoms with van der Waals surface area (Å²) in [4.78, 5) is 18.0. The van der Waals surface area contributed by atoms with Gasteiger partial charge in [0.1, 0.15) is 11.4 Å².